The van der Waals surface area contributed by atoms with Crippen molar-refractivity contribution in [2.45, 2.75) is 76.2 Å². The maximum Gasteiger partial charge on any atom is 0.416 e. The van der Waals surface area contributed by atoms with Gasteiger partial charge in [-0.1, -0.05) is 37.3 Å². The molecule has 2 aliphatic rings. The van der Waals surface area contributed by atoms with Gasteiger partial charge in [0.15, 0.2) is 5.75 Å². The van der Waals surface area contributed by atoms with E-state index >= 15 is 0 Å². The zero-order valence-corrected chi connectivity index (χ0v) is 29.8. The molecule has 10 nitrogen and oxygen atoms in total. The number of alkyl halides is 6. The zero-order valence-electron chi connectivity index (χ0n) is 29.8. The van der Waals surface area contributed by atoms with Gasteiger partial charge in [0, 0.05) is 31.7 Å². The number of rotatable bonds is 11. The molecule has 6 rings (SSSR count). The van der Waals surface area contributed by atoms with Crippen LogP contribution in [0.15, 0.2) is 73.1 Å². The van der Waals surface area contributed by atoms with Crippen LogP contribution in [0.25, 0.3) is 0 Å². The first-order chi connectivity index (χ1) is 25.8. The molecule has 2 unspecified atom stereocenters. The Hall–Kier alpha value is -4.96. The molecule has 1 amide bonds. The highest BCUT2D eigenvalue weighted by Gasteiger charge is 2.41. The second-order valence-corrected chi connectivity index (χ2v) is 13.1. The zero-order chi connectivity index (χ0) is 38.6. The van der Waals surface area contributed by atoms with E-state index in [2.05, 4.69) is 25.2 Å². The molecule has 1 fully saturated rings. The first-order valence-corrected chi connectivity index (χ1v) is 17.6. The van der Waals surface area contributed by atoms with E-state index in [-0.39, 0.29) is 48.2 Å². The molecule has 2 aromatic heterocycles. The van der Waals surface area contributed by atoms with Crippen LogP contribution in [0.5, 0.6) is 11.6 Å². The molecular formula is C38H40F6N6O4. The summed E-state index contributed by atoms with van der Waals surface area (Å²) in [5, 5.41) is 3.23. The van der Waals surface area contributed by atoms with Crippen molar-refractivity contribution in [3.8, 4) is 11.6 Å². The van der Waals surface area contributed by atoms with E-state index < -0.39 is 47.7 Å². The first-order valence-electron chi connectivity index (χ1n) is 17.6. The van der Waals surface area contributed by atoms with Crippen LogP contribution in [0.4, 0.5) is 36.8 Å². The van der Waals surface area contributed by atoms with Crippen molar-refractivity contribution in [1.82, 2.24) is 25.2 Å². The highest BCUT2D eigenvalue weighted by molar-refractivity contribution is 5.90. The van der Waals surface area contributed by atoms with E-state index in [1.165, 1.54) is 30.0 Å². The number of fused-ring (bicyclic) bond motifs is 1. The average Bonchev–Trinajstić information content (AvgIpc) is 3.59. The van der Waals surface area contributed by atoms with Gasteiger partial charge in [0.05, 0.1) is 60.7 Å². The fraction of sp³-hybridized carbons (Fsp3) is 0.421. The van der Waals surface area contributed by atoms with Crippen molar-refractivity contribution in [2.75, 3.05) is 31.7 Å². The number of anilines is 1. The number of methoxy groups -OCH3 is 1. The Morgan fingerprint density at radius 1 is 0.963 bits per heavy atom. The number of likely N-dealkylation sites (tertiary alicyclic amines) is 1. The second kappa shape index (κ2) is 16.2. The summed E-state index contributed by atoms with van der Waals surface area (Å²) in [7, 11) is 1.39. The third-order valence-corrected chi connectivity index (χ3v) is 9.48. The normalized spacial score (nSPS) is 19.6. The molecule has 2 aromatic carbocycles. The number of halogens is 6. The van der Waals surface area contributed by atoms with Crippen LogP contribution < -0.4 is 19.7 Å². The van der Waals surface area contributed by atoms with Crippen LogP contribution in [0.3, 0.4) is 0 Å². The van der Waals surface area contributed by atoms with Crippen LogP contribution >= 0.6 is 0 Å². The summed E-state index contributed by atoms with van der Waals surface area (Å²) in [6, 6.07) is 11.9. The number of amides is 1. The number of hydrogen-bond donors (Lipinski definition) is 1. The highest BCUT2D eigenvalue weighted by atomic mass is 19.4. The lowest BCUT2D eigenvalue weighted by Crippen LogP contribution is -2.48. The van der Waals surface area contributed by atoms with Crippen molar-refractivity contribution in [1.29, 1.82) is 0 Å². The lowest BCUT2D eigenvalue weighted by molar-refractivity contribution is -0.143. The summed E-state index contributed by atoms with van der Waals surface area (Å²) in [4.78, 5) is 30.3. The Morgan fingerprint density at radius 3 is 2.26 bits per heavy atom. The van der Waals surface area contributed by atoms with E-state index in [0.717, 1.165) is 19.5 Å². The predicted octanol–water partition coefficient (Wildman–Crippen LogP) is 8.14. The predicted molar refractivity (Wildman–Crippen MR) is 186 cm³/mol. The molecule has 2 aliphatic heterocycles. The number of nitrogens with one attached hydrogen (secondary N) is 1. The molecule has 0 bridgehead atoms. The fourth-order valence-corrected chi connectivity index (χ4v) is 6.92. The molecule has 16 heteroatoms. The highest BCUT2D eigenvalue weighted by Crippen LogP contribution is 2.42. The number of pyridine rings is 1. The third-order valence-electron chi connectivity index (χ3n) is 9.48. The maximum atomic E-state index is 14.1. The summed E-state index contributed by atoms with van der Waals surface area (Å²) in [5.74, 6) is 0.383. The van der Waals surface area contributed by atoms with Crippen LogP contribution in [-0.2, 0) is 23.6 Å². The number of benzene rings is 2. The summed E-state index contributed by atoms with van der Waals surface area (Å²) < 4.78 is 101. The van der Waals surface area contributed by atoms with Crippen molar-refractivity contribution in [3.63, 3.8) is 0 Å². The van der Waals surface area contributed by atoms with Gasteiger partial charge in [0.1, 0.15) is 11.9 Å². The minimum atomic E-state index is -5.09. The number of aromatic nitrogens is 3. The topological polar surface area (TPSA) is 102 Å². The van der Waals surface area contributed by atoms with Crippen LogP contribution in [0.1, 0.15) is 79.0 Å². The number of carbonyl (C=O) groups is 1. The number of carbonyl (C=O) groups excluding carboxylic acids is 1. The van der Waals surface area contributed by atoms with Crippen LogP contribution in [0.2, 0.25) is 0 Å². The van der Waals surface area contributed by atoms with Crippen molar-refractivity contribution < 1.29 is 45.3 Å². The molecule has 0 saturated carbocycles. The van der Waals surface area contributed by atoms with Gasteiger partial charge in [-0.2, -0.15) is 26.3 Å². The number of nitrogens with zero attached hydrogens (tertiary/aromatic N) is 5. The van der Waals surface area contributed by atoms with E-state index in [1.807, 2.05) is 37.3 Å². The van der Waals surface area contributed by atoms with E-state index in [4.69, 9.17) is 14.2 Å². The molecule has 0 spiro atoms. The molecule has 4 atom stereocenters. The Balaban J connectivity index is 1.36. The number of hydrogen-bond acceptors (Lipinski definition) is 9. The fourth-order valence-electron chi connectivity index (χ4n) is 6.92. The molecule has 4 heterocycles. The summed E-state index contributed by atoms with van der Waals surface area (Å²) >= 11 is 0. The summed E-state index contributed by atoms with van der Waals surface area (Å²) in [6.45, 7) is 5.82. The Labute approximate surface area is 308 Å². The molecular weight excluding hydrogens is 718 g/mol. The average molecular weight is 759 g/mol. The van der Waals surface area contributed by atoms with Gasteiger partial charge in [0.25, 0.3) is 0 Å². The number of ether oxygens (including phenoxy) is 3. The van der Waals surface area contributed by atoms with Crippen molar-refractivity contribution >= 4 is 11.8 Å². The maximum absolute atomic E-state index is 14.1. The van der Waals surface area contributed by atoms with Crippen LogP contribution in [-0.4, -0.2) is 64.9 Å². The lowest BCUT2D eigenvalue weighted by atomic mass is 9.91. The van der Waals surface area contributed by atoms with Gasteiger partial charge < -0.3 is 14.2 Å². The molecule has 288 valence electrons. The van der Waals surface area contributed by atoms with Gasteiger partial charge >= 0.3 is 18.4 Å². The Bertz CT molecular complexity index is 1860. The van der Waals surface area contributed by atoms with Gasteiger partial charge in [-0.25, -0.2) is 19.7 Å². The summed E-state index contributed by atoms with van der Waals surface area (Å²) in [5.41, 5.74) is -1.54. The Kier molecular flexibility index (Phi) is 11.6. The van der Waals surface area contributed by atoms with Crippen LogP contribution in [0, 0.1) is 0 Å². The van der Waals surface area contributed by atoms with Gasteiger partial charge in [-0.05, 0) is 61.6 Å². The van der Waals surface area contributed by atoms with E-state index in [0.29, 0.717) is 36.5 Å². The molecule has 54 heavy (non-hydrogen) atoms. The SMILES string of the molecule is CCOC(=O)N1c2ccc(OC)nc2[C@@H](NC(c2cc(C(F)(F)F)cc(C(F)(F)F)c2)c2ncc(OC3CCN(Cc4ccccc4)C3)cn2)C[C@H]1CC. The van der Waals surface area contributed by atoms with E-state index in [1.54, 1.807) is 19.1 Å². The minimum Gasteiger partial charge on any atom is -0.486 e. The van der Waals surface area contributed by atoms with E-state index in [9.17, 15) is 31.1 Å². The molecule has 1 N–H and O–H groups in total. The first kappa shape index (κ1) is 38.8. The standard InChI is InChI=1S/C38H40F6N6O4/c1-4-27-18-30(34-31(11-12-32(48-34)52-3)50(27)36(51)53-5-2)47-33(24-15-25(37(39,40)41)17-26(16-24)38(42,43)44)35-45-19-29(20-46-35)54-28-13-14-49(22-28)21-23-9-7-6-8-10-23/h6-12,15-17,19-20,27-28,30,33,47H,4-5,13-14,18,21-22H2,1-3H3/t27-,28?,30+,33?/m1/s1. The molecule has 0 aliphatic carbocycles. The van der Waals surface area contributed by atoms with Crippen molar-refractivity contribution in [2.24, 2.45) is 0 Å². The summed E-state index contributed by atoms with van der Waals surface area (Å²) in [6.07, 6.45) is -6.89. The lowest BCUT2D eigenvalue weighted by Gasteiger charge is -2.40. The Morgan fingerprint density at radius 2 is 1.65 bits per heavy atom. The second-order valence-electron chi connectivity index (χ2n) is 13.1. The van der Waals surface area contributed by atoms with Gasteiger partial charge in [0.2, 0.25) is 5.88 Å². The molecule has 1 saturated heterocycles. The third kappa shape index (κ3) is 8.87. The quantitative estimate of drug-likeness (QED) is 0.152. The van der Waals surface area contributed by atoms with Gasteiger partial charge in [-0.3, -0.25) is 15.1 Å². The minimum absolute atomic E-state index is 0.0771. The smallest absolute Gasteiger partial charge is 0.416 e. The largest absolute Gasteiger partial charge is 0.486 e. The van der Waals surface area contributed by atoms with Crippen molar-refractivity contribution in [3.05, 3.63) is 107 Å². The van der Waals surface area contributed by atoms with Gasteiger partial charge in [-0.15, -0.1) is 0 Å². The monoisotopic (exact) mass is 758 g/mol. The molecule has 4 aromatic rings. The molecule has 0 radical (unpaired) electrons.